The Morgan fingerprint density at radius 2 is 2.25 bits per heavy atom. The Kier molecular flexibility index (Phi) is 4.14. The normalized spacial score (nSPS) is 21.8. The van der Waals surface area contributed by atoms with E-state index in [9.17, 15) is 4.79 Å². The highest BCUT2D eigenvalue weighted by Crippen LogP contribution is 2.33. The van der Waals surface area contributed by atoms with Crippen LogP contribution in [0.4, 0.5) is 0 Å². The molecule has 1 amide bonds. The van der Waals surface area contributed by atoms with Gasteiger partial charge < -0.3 is 14.3 Å². The molecule has 0 saturated heterocycles. The minimum atomic E-state index is -0.170. The van der Waals surface area contributed by atoms with Gasteiger partial charge in [-0.1, -0.05) is 12.8 Å². The number of furan rings is 1. The third kappa shape index (κ3) is 2.86. The molecule has 1 fully saturated rings. The summed E-state index contributed by atoms with van der Waals surface area (Å²) in [5, 5.41) is 3.02. The number of carbonyl (C=O) groups is 1. The molecule has 0 unspecified atom stereocenters. The monoisotopic (exact) mass is 328 g/mol. The quantitative estimate of drug-likeness (QED) is 0.934. The van der Waals surface area contributed by atoms with E-state index in [1.807, 2.05) is 30.1 Å². The SMILES string of the molecule is Cn1cnc2c1[C@@H](C(=O)NCc1ccco1)CN(C1CCCC1)C2. The van der Waals surface area contributed by atoms with Crippen LogP contribution in [0.1, 0.15) is 48.7 Å². The lowest BCUT2D eigenvalue weighted by molar-refractivity contribution is -0.124. The van der Waals surface area contributed by atoms with Crippen molar-refractivity contribution in [2.24, 2.45) is 7.05 Å². The lowest BCUT2D eigenvalue weighted by atomic mass is 9.95. The van der Waals surface area contributed by atoms with Crippen molar-refractivity contribution in [3.63, 3.8) is 0 Å². The Hall–Kier alpha value is -2.08. The smallest absolute Gasteiger partial charge is 0.230 e. The van der Waals surface area contributed by atoms with Crippen LogP contribution in [0.15, 0.2) is 29.1 Å². The van der Waals surface area contributed by atoms with Gasteiger partial charge >= 0.3 is 0 Å². The summed E-state index contributed by atoms with van der Waals surface area (Å²) in [6.07, 6.45) is 8.53. The van der Waals surface area contributed by atoms with E-state index in [0.29, 0.717) is 12.6 Å². The summed E-state index contributed by atoms with van der Waals surface area (Å²) in [5.74, 6) is 0.660. The van der Waals surface area contributed by atoms with Crippen LogP contribution in [0, 0.1) is 0 Å². The zero-order valence-electron chi connectivity index (χ0n) is 14.1. The molecule has 0 radical (unpaired) electrons. The largest absolute Gasteiger partial charge is 0.467 e. The molecular formula is C18H24N4O2. The number of nitrogens with zero attached hydrogens (tertiary/aromatic N) is 3. The highest BCUT2D eigenvalue weighted by Gasteiger charge is 2.36. The molecule has 128 valence electrons. The van der Waals surface area contributed by atoms with Crippen molar-refractivity contribution < 1.29 is 9.21 Å². The van der Waals surface area contributed by atoms with Gasteiger partial charge in [0.15, 0.2) is 0 Å². The van der Waals surface area contributed by atoms with Gasteiger partial charge in [-0.05, 0) is 25.0 Å². The minimum Gasteiger partial charge on any atom is -0.467 e. The maximum Gasteiger partial charge on any atom is 0.230 e. The van der Waals surface area contributed by atoms with E-state index in [0.717, 1.165) is 30.2 Å². The molecule has 1 aliphatic heterocycles. The molecule has 6 heteroatoms. The van der Waals surface area contributed by atoms with Gasteiger partial charge in [-0.15, -0.1) is 0 Å². The van der Waals surface area contributed by atoms with Crippen molar-refractivity contribution in [3.8, 4) is 0 Å². The molecule has 2 aromatic heterocycles. The van der Waals surface area contributed by atoms with E-state index in [4.69, 9.17) is 4.42 Å². The van der Waals surface area contributed by atoms with E-state index >= 15 is 0 Å². The van der Waals surface area contributed by atoms with E-state index < -0.39 is 0 Å². The average molecular weight is 328 g/mol. The Labute approximate surface area is 141 Å². The lowest BCUT2D eigenvalue weighted by Gasteiger charge is -2.36. The van der Waals surface area contributed by atoms with Gasteiger partial charge in [-0.2, -0.15) is 0 Å². The summed E-state index contributed by atoms with van der Waals surface area (Å²) >= 11 is 0. The molecule has 4 rings (SSSR count). The summed E-state index contributed by atoms with van der Waals surface area (Å²) in [4.78, 5) is 19.8. The summed E-state index contributed by atoms with van der Waals surface area (Å²) in [7, 11) is 1.98. The second-order valence-electron chi connectivity index (χ2n) is 6.90. The van der Waals surface area contributed by atoms with Crippen LogP contribution in [0.5, 0.6) is 0 Å². The van der Waals surface area contributed by atoms with E-state index in [-0.39, 0.29) is 11.8 Å². The van der Waals surface area contributed by atoms with E-state index in [2.05, 4.69) is 15.2 Å². The van der Waals surface area contributed by atoms with Crippen molar-refractivity contribution in [2.75, 3.05) is 6.54 Å². The van der Waals surface area contributed by atoms with Crippen LogP contribution >= 0.6 is 0 Å². The van der Waals surface area contributed by atoms with Gasteiger partial charge in [0.25, 0.3) is 0 Å². The molecule has 0 bridgehead atoms. The number of aromatic nitrogens is 2. The van der Waals surface area contributed by atoms with Crippen LogP contribution < -0.4 is 5.32 Å². The maximum absolute atomic E-state index is 12.8. The number of aryl methyl sites for hydroxylation is 1. The van der Waals surface area contributed by atoms with Crippen LogP contribution in [0.3, 0.4) is 0 Å². The molecule has 1 atom stereocenters. The van der Waals surface area contributed by atoms with Crippen LogP contribution in [0.2, 0.25) is 0 Å². The first kappa shape index (κ1) is 15.4. The standard InChI is InChI=1S/C18H24N4O2/c1-21-12-20-16-11-22(13-5-2-3-6-13)10-15(17(16)21)18(23)19-9-14-7-4-8-24-14/h4,7-8,12-13,15H,2-3,5-6,9-11H2,1H3,(H,19,23)/t15-/m0/s1. The zero-order chi connectivity index (χ0) is 16.5. The first-order chi connectivity index (χ1) is 11.7. The number of rotatable bonds is 4. The minimum absolute atomic E-state index is 0.0546. The highest BCUT2D eigenvalue weighted by atomic mass is 16.3. The number of amides is 1. The molecule has 0 spiro atoms. The summed E-state index contributed by atoms with van der Waals surface area (Å²) < 4.78 is 7.31. The predicted molar refractivity (Wildman–Crippen MR) is 89.2 cm³/mol. The number of nitrogens with one attached hydrogen (secondary N) is 1. The highest BCUT2D eigenvalue weighted by molar-refractivity contribution is 5.84. The van der Waals surface area contributed by atoms with Crippen molar-refractivity contribution >= 4 is 5.91 Å². The first-order valence-corrected chi connectivity index (χ1v) is 8.76. The van der Waals surface area contributed by atoms with Crippen molar-refractivity contribution in [1.82, 2.24) is 19.8 Å². The Morgan fingerprint density at radius 3 is 3.00 bits per heavy atom. The van der Waals surface area contributed by atoms with Gasteiger partial charge in [-0.3, -0.25) is 9.69 Å². The number of hydrogen-bond acceptors (Lipinski definition) is 4. The van der Waals surface area contributed by atoms with E-state index in [1.165, 1.54) is 25.7 Å². The lowest BCUT2D eigenvalue weighted by Crippen LogP contribution is -2.45. The van der Waals surface area contributed by atoms with E-state index in [1.54, 1.807) is 6.26 Å². The van der Waals surface area contributed by atoms with Gasteiger partial charge in [0, 0.05) is 26.2 Å². The number of fused-ring (bicyclic) bond motifs is 1. The molecular weight excluding hydrogens is 304 g/mol. The zero-order valence-corrected chi connectivity index (χ0v) is 14.1. The number of hydrogen-bond donors (Lipinski definition) is 1. The average Bonchev–Trinajstić information content (AvgIpc) is 3.34. The van der Waals surface area contributed by atoms with Gasteiger partial charge in [-0.25, -0.2) is 4.98 Å². The second-order valence-corrected chi connectivity index (χ2v) is 6.90. The molecule has 3 heterocycles. The fraction of sp³-hybridized carbons (Fsp3) is 0.556. The number of carbonyl (C=O) groups excluding carboxylic acids is 1. The van der Waals surface area contributed by atoms with Crippen LogP contribution in [0.25, 0.3) is 0 Å². The molecule has 1 aliphatic carbocycles. The van der Waals surface area contributed by atoms with Gasteiger partial charge in [0.1, 0.15) is 5.76 Å². The predicted octanol–water partition coefficient (Wildman–Crippen LogP) is 2.17. The van der Waals surface area contributed by atoms with Crippen LogP contribution in [-0.4, -0.2) is 32.9 Å². The summed E-state index contributed by atoms with van der Waals surface area (Å²) in [5.41, 5.74) is 2.11. The Bertz CT molecular complexity index is 701. The molecule has 2 aromatic rings. The van der Waals surface area contributed by atoms with Crippen molar-refractivity contribution in [2.45, 2.75) is 50.7 Å². The number of imidazole rings is 1. The Morgan fingerprint density at radius 1 is 1.42 bits per heavy atom. The van der Waals surface area contributed by atoms with Crippen LogP contribution in [-0.2, 0) is 24.9 Å². The molecule has 0 aromatic carbocycles. The fourth-order valence-electron chi connectivity index (χ4n) is 4.10. The Balaban J connectivity index is 1.52. The summed E-state index contributed by atoms with van der Waals surface area (Å²) in [6.45, 7) is 2.07. The molecule has 1 N–H and O–H groups in total. The molecule has 1 saturated carbocycles. The molecule has 2 aliphatic rings. The first-order valence-electron chi connectivity index (χ1n) is 8.76. The molecule has 6 nitrogen and oxygen atoms in total. The van der Waals surface area contributed by atoms with Gasteiger partial charge in [0.05, 0.1) is 36.4 Å². The second kappa shape index (κ2) is 6.43. The maximum atomic E-state index is 12.8. The molecule has 24 heavy (non-hydrogen) atoms. The topological polar surface area (TPSA) is 63.3 Å². The van der Waals surface area contributed by atoms with Crippen molar-refractivity contribution in [3.05, 3.63) is 41.9 Å². The fourth-order valence-corrected chi connectivity index (χ4v) is 4.10. The van der Waals surface area contributed by atoms with Crippen molar-refractivity contribution in [1.29, 1.82) is 0 Å². The third-order valence-electron chi connectivity index (χ3n) is 5.34. The van der Waals surface area contributed by atoms with Gasteiger partial charge in [0.2, 0.25) is 5.91 Å². The third-order valence-corrected chi connectivity index (χ3v) is 5.34. The summed E-state index contributed by atoms with van der Waals surface area (Å²) in [6, 6.07) is 4.31.